The van der Waals surface area contributed by atoms with Crippen molar-refractivity contribution in [2.24, 2.45) is 5.73 Å². The van der Waals surface area contributed by atoms with Crippen LogP contribution in [-0.2, 0) is 4.79 Å². The van der Waals surface area contributed by atoms with Crippen molar-refractivity contribution >= 4 is 5.91 Å². The van der Waals surface area contributed by atoms with E-state index in [1.807, 2.05) is 0 Å². The van der Waals surface area contributed by atoms with Crippen molar-refractivity contribution in [2.75, 3.05) is 20.1 Å². The average molecular weight is 241 g/mol. The van der Waals surface area contributed by atoms with Crippen LogP contribution < -0.4 is 11.1 Å². The fraction of sp³-hybridized carbons (Fsp3) is 0.923. The van der Waals surface area contributed by atoms with Crippen molar-refractivity contribution in [3.8, 4) is 0 Å². The van der Waals surface area contributed by atoms with Crippen molar-refractivity contribution in [3.63, 3.8) is 0 Å². The maximum Gasteiger partial charge on any atom is 0.236 e. The van der Waals surface area contributed by atoms with Gasteiger partial charge in [-0.15, -0.1) is 0 Å². The first-order chi connectivity index (χ1) is 8.15. The second kappa shape index (κ2) is 7.67. The van der Waals surface area contributed by atoms with Crippen LogP contribution in [0.1, 0.15) is 45.4 Å². The minimum absolute atomic E-state index is 0.0115. The van der Waals surface area contributed by atoms with Gasteiger partial charge in [-0.05, 0) is 32.9 Å². The Bertz CT molecular complexity index is 233. The Morgan fingerprint density at radius 2 is 2.29 bits per heavy atom. The average Bonchev–Trinajstić information content (AvgIpc) is 2.34. The van der Waals surface area contributed by atoms with Crippen molar-refractivity contribution in [3.05, 3.63) is 0 Å². The zero-order valence-electron chi connectivity index (χ0n) is 11.2. The zero-order chi connectivity index (χ0) is 12.7. The maximum absolute atomic E-state index is 11.7. The van der Waals surface area contributed by atoms with Gasteiger partial charge >= 0.3 is 0 Å². The van der Waals surface area contributed by atoms with E-state index in [4.69, 9.17) is 5.73 Å². The second-order valence-electron chi connectivity index (χ2n) is 5.12. The van der Waals surface area contributed by atoms with Crippen LogP contribution in [-0.4, -0.2) is 43.0 Å². The molecule has 0 bridgehead atoms. The molecule has 0 aliphatic carbocycles. The van der Waals surface area contributed by atoms with Gasteiger partial charge in [0.1, 0.15) is 0 Å². The van der Waals surface area contributed by atoms with Gasteiger partial charge < -0.3 is 16.0 Å². The monoisotopic (exact) mass is 241 g/mol. The van der Waals surface area contributed by atoms with Crippen molar-refractivity contribution in [2.45, 2.75) is 57.5 Å². The third-order valence-corrected chi connectivity index (χ3v) is 3.64. The van der Waals surface area contributed by atoms with Crippen molar-refractivity contribution in [1.29, 1.82) is 0 Å². The van der Waals surface area contributed by atoms with Crippen LogP contribution in [0.3, 0.4) is 0 Å². The van der Waals surface area contributed by atoms with Gasteiger partial charge in [0.2, 0.25) is 5.91 Å². The van der Waals surface area contributed by atoms with E-state index in [-0.39, 0.29) is 11.9 Å². The Morgan fingerprint density at radius 1 is 1.53 bits per heavy atom. The Labute approximate surface area is 105 Å². The van der Waals surface area contributed by atoms with Gasteiger partial charge in [0.15, 0.2) is 0 Å². The highest BCUT2D eigenvalue weighted by Crippen LogP contribution is 2.13. The molecule has 4 nitrogen and oxygen atoms in total. The molecule has 1 rings (SSSR count). The lowest BCUT2D eigenvalue weighted by atomic mass is 10.0. The molecular weight excluding hydrogens is 214 g/mol. The van der Waals surface area contributed by atoms with Gasteiger partial charge in [0.05, 0.1) is 6.04 Å². The third kappa shape index (κ3) is 5.04. The van der Waals surface area contributed by atoms with Crippen LogP contribution in [0.4, 0.5) is 0 Å². The standard InChI is InChI=1S/C13H27N3O/c1-3-4-8-12(14)13(17)15-10-11-7-5-6-9-16(11)2/h11-12H,3-10,14H2,1-2H3,(H,15,17)/t11?,12-/m0/s1. The molecule has 1 amide bonds. The molecule has 1 unspecified atom stereocenters. The van der Waals surface area contributed by atoms with E-state index in [9.17, 15) is 4.79 Å². The predicted molar refractivity (Wildman–Crippen MR) is 70.8 cm³/mol. The molecule has 0 aromatic rings. The number of nitrogens with two attached hydrogens (primary N) is 1. The first-order valence-corrected chi connectivity index (χ1v) is 6.88. The number of rotatable bonds is 6. The minimum atomic E-state index is -0.330. The van der Waals surface area contributed by atoms with Crippen molar-refractivity contribution in [1.82, 2.24) is 10.2 Å². The van der Waals surface area contributed by atoms with E-state index in [2.05, 4.69) is 24.2 Å². The number of likely N-dealkylation sites (tertiary alicyclic amines) is 1. The van der Waals surface area contributed by atoms with E-state index < -0.39 is 0 Å². The molecule has 1 aliphatic heterocycles. The highest BCUT2D eigenvalue weighted by molar-refractivity contribution is 5.81. The summed E-state index contributed by atoms with van der Waals surface area (Å²) in [6.07, 6.45) is 6.64. The summed E-state index contributed by atoms with van der Waals surface area (Å²) in [4.78, 5) is 14.1. The molecule has 2 atom stereocenters. The molecule has 1 fully saturated rings. The number of carbonyl (C=O) groups is 1. The van der Waals surface area contributed by atoms with E-state index in [1.54, 1.807) is 0 Å². The smallest absolute Gasteiger partial charge is 0.236 e. The Hall–Kier alpha value is -0.610. The van der Waals surface area contributed by atoms with Gasteiger partial charge in [-0.25, -0.2) is 0 Å². The molecule has 1 aliphatic rings. The maximum atomic E-state index is 11.7. The molecule has 1 saturated heterocycles. The van der Waals surface area contributed by atoms with Crippen LogP contribution in [0.2, 0.25) is 0 Å². The number of nitrogens with one attached hydrogen (secondary N) is 1. The number of amides is 1. The van der Waals surface area contributed by atoms with Gasteiger partial charge in [-0.2, -0.15) is 0 Å². The van der Waals surface area contributed by atoms with E-state index in [0.717, 1.165) is 32.4 Å². The lowest BCUT2D eigenvalue weighted by molar-refractivity contribution is -0.122. The predicted octanol–water partition coefficient (Wildman–Crippen LogP) is 1.10. The number of carbonyl (C=O) groups excluding carboxylic acids is 1. The molecule has 3 N–H and O–H groups in total. The fourth-order valence-electron chi connectivity index (χ4n) is 2.31. The summed E-state index contributed by atoms with van der Waals surface area (Å²) in [5, 5.41) is 2.99. The third-order valence-electron chi connectivity index (χ3n) is 3.64. The topological polar surface area (TPSA) is 58.4 Å². The molecule has 17 heavy (non-hydrogen) atoms. The lowest BCUT2D eigenvalue weighted by Crippen LogP contribution is -2.48. The molecule has 1 heterocycles. The molecule has 0 aromatic heterocycles. The summed E-state index contributed by atoms with van der Waals surface area (Å²) in [6.45, 7) is 4.00. The number of hydrogen-bond donors (Lipinski definition) is 2. The highest BCUT2D eigenvalue weighted by Gasteiger charge is 2.20. The van der Waals surface area contributed by atoms with Crippen LogP contribution in [0, 0.1) is 0 Å². The van der Waals surface area contributed by atoms with Crippen LogP contribution in [0.15, 0.2) is 0 Å². The molecular formula is C13H27N3O. The van der Waals surface area contributed by atoms with Crippen molar-refractivity contribution < 1.29 is 4.79 Å². The minimum Gasteiger partial charge on any atom is -0.353 e. The number of unbranched alkanes of at least 4 members (excludes halogenated alkanes) is 1. The molecule has 0 aromatic carbocycles. The summed E-state index contributed by atoms with van der Waals surface area (Å²) in [7, 11) is 2.13. The SMILES string of the molecule is CCCC[C@H](N)C(=O)NCC1CCCCN1C. The molecule has 0 saturated carbocycles. The fourth-order valence-corrected chi connectivity index (χ4v) is 2.31. The van der Waals surface area contributed by atoms with Crippen LogP contribution >= 0.6 is 0 Å². The van der Waals surface area contributed by atoms with Crippen LogP contribution in [0.5, 0.6) is 0 Å². The molecule has 100 valence electrons. The van der Waals surface area contributed by atoms with Gasteiger partial charge in [0, 0.05) is 12.6 Å². The van der Waals surface area contributed by atoms with E-state index in [0.29, 0.717) is 6.04 Å². The largest absolute Gasteiger partial charge is 0.353 e. The Morgan fingerprint density at radius 3 is 2.94 bits per heavy atom. The van der Waals surface area contributed by atoms with Gasteiger partial charge in [-0.3, -0.25) is 4.79 Å². The van der Waals surface area contributed by atoms with Crippen LogP contribution in [0.25, 0.3) is 0 Å². The quantitative estimate of drug-likeness (QED) is 0.732. The molecule has 0 radical (unpaired) electrons. The second-order valence-corrected chi connectivity index (χ2v) is 5.12. The highest BCUT2D eigenvalue weighted by atomic mass is 16.2. The van der Waals surface area contributed by atoms with E-state index >= 15 is 0 Å². The number of likely N-dealkylation sites (N-methyl/N-ethyl adjacent to an activating group) is 1. The Balaban J connectivity index is 2.22. The van der Waals surface area contributed by atoms with Gasteiger partial charge in [-0.1, -0.05) is 26.2 Å². The normalized spacial score (nSPS) is 23.4. The first-order valence-electron chi connectivity index (χ1n) is 6.88. The molecule has 4 heteroatoms. The first kappa shape index (κ1) is 14.5. The number of hydrogen-bond acceptors (Lipinski definition) is 3. The lowest BCUT2D eigenvalue weighted by Gasteiger charge is -2.32. The summed E-state index contributed by atoms with van der Waals surface area (Å²) < 4.78 is 0. The zero-order valence-corrected chi connectivity index (χ0v) is 11.2. The van der Waals surface area contributed by atoms with E-state index in [1.165, 1.54) is 19.3 Å². The molecule has 0 spiro atoms. The Kier molecular flexibility index (Phi) is 6.52. The summed E-state index contributed by atoms with van der Waals surface area (Å²) in [5.74, 6) is 0.0115. The summed E-state index contributed by atoms with van der Waals surface area (Å²) in [6, 6.07) is 0.162. The summed E-state index contributed by atoms with van der Waals surface area (Å²) >= 11 is 0. The summed E-state index contributed by atoms with van der Waals surface area (Å²) in [5.41, 5.74) is 5.83. The number of nitrogens with zero attached hydrogens (tertiary/aromatic N) is 1. The number of piperidine rings is 1. The van der Waals surface area contributed by atoms with Gasteiger partial charge in [0.25, 0.3) is 0 Å².